The molecule has 17 heavy (non-hydrogen) atoms. The molecule has 0 saturated carbocycles. The molecule has 0 radical (unpaired) electrons. The van der Waals surface area contributed by atoms with Crippen LogP contribution in [0.15, 0.2) is 6.07 Å². The molecule has 4 heteroatoms. The van der Waals surface area contributed by atoms with E-state index >= 15 is 0 Å². The molecule has 0 aliphatic rings. The fraction of sp³-hybridized carbons (Fsp3) is 0.538. The molecule has 0 heterocycles. The molecule has 0 N–H and O–H groups in total. The third kappa shape index (κ3) is 2.82. The Morgan fingerprint density at radius 1 is 1.06 bits per heavy atom. The number of ether oxygens (including phenoxy) is 4. The summed E-state index contributed by atoms with van der Waals surface area (Å²) in [5.41, 5.74) is 2.04. The third-order valence-electron chi connectivity index (χ3n) is 2.57. The molecule has 1 rings (SSSR count). The Labute approximate surface area is 102 Å². The molecule has 1 aromatic carbocycles. The summed E-state index contributed by atoms with van der Waals surface area (Å²) in [5, 5.41) is 0. The minimum Gasteiger partial charge on any atom is -0.493 e. The van der Waals surface area contributed by atoms with Gasteiger partial charge < -0.3 is 18.9 Å². The van der Waals surface area contributed by atoms with Crippen molar-refractivity contribution in [1.82, 2.24) is 0 Å². The average molecular weight is 240 g/mol. The second-order valence-electron chi connectivity index (χ2n) is 3.59. The van der Waals surface area contributed by atoms with E-state index in [4.69, 9.17) is 18.9 Å². The second-order valence-corrected chi connectivity index (χ2v) is 3.59. The highest BCUT2D eigenvalue weighted by atomic mass is 16.5. The molecule has 0 saturated heterocycles. The molecular weight excluding hydrogens is 220 g/mol. The van der Waals surface area contributed by atoms with Crippen molar-refractivity contribution in [2.75, 3.05) is 27.9 Å². The van der Waals surface area contributed by atoms with Crippen LogP contribution in [0, 0.1) is 6.92 Å². The van der Waals surface area contributed by atoms with E-state index in [0.717, 1.165) is 11.1 Å². The zero-order valence-corrected chi connectivity index (χ0v) is 11.1. The smallest absolute Gasteiger partial charge is 0.203 e. The third-order valence-corrected chi connectivity index (χ3v) is 2.57. The van der Waals surface area contributed by atoms with Crippen molar-refractivity contribution >= 4 is 0 Å². The Balaban J connectivity index is 3.33. The zero-order valence-electron chi connectivity index (χ0n) is 11.1. The summed E-state index contributed by atoms with van der Waals surface area (Å²) in [4.78, 5) is 0. The first-order chi connectivity index (χ1) is 8.19. The molecule has 0 aliphatic carbocycles. The van der Waals surface area contributed by atoms with Gasteiger partial charge in [0.1, 0.15) is 0 Å². The SMILES string of the molecule is CCOc1c(OC)cc(COC)c(C)c1OC. The summed E-state index contributed by atoms with van der Waals surface area (Å²) >= 11 is 0. The Hall–Kier alpha value is -1.42. The van der Waals surface area contributed by atoms with Crippen molar-refractivity contribution in [3.05, 3.63) is 17.2 Å². The molecule has 4 nitrogen and oxygen atoms in total. The highest BCUT2D eigenvalue weighted by Crippen LogP contribution is 2.41. The maximum absolute atomic E-state index is 5.57. The maximum Gasteiger partial charge on any atom is 0.203 e. The molecule has 0 bridgehead atoms. The van der Waals surface area contributed by atoms with Gasteiger partial charge >= 0.3 is 0 Å². The van der Waals surface area contributed by atoms with Crippen LogP contribution in [0.25, 0.3) is 0 Å². The van der Waals surface area contributed by atoms with Crippen molar-refractivity contribution in [3.63, 3.8) is 0 Å². The van der Waals surface area contributed by atoms with E-state index in [1.165, 1.54) is 0 Å². The van der Waals surface area contributed by atoms with Gasteiger partial charge in [0.2, 0.25) is 5.75 Å². The topological polar surface area (TPSA) is 36.9 Å². The van der Waals surface area contributed by atoms with Crippen molar-refractivity contribution in [2.24, 2.45) is 0 Å². The van der Waals surface area contributed by atoms with Crippen LogP contribution in [0.5, 0.6) is 17.2 Å². The van der Waals surface area contributed by atoms with Gasteiger partial charge in [-0.3, -0.25) is 0 Å². The molecule has 0 atom stereocenters. The normalized spacial score (nSPS) is 10.2. The van der Waals surface area contributed by atoms with Crippen LogP contribution in [0.2, 0.25) is 0 Å². The second kappa shape index (κ2) is 6.35. The predicted molar refractivity (Wildman–Crippen MR) is 66.2 cm³/mol. The van der Waals surface area contributed by atoms with Gasteiger partial charge in [0.05, 0.1) is 27.4 Å². The number of methoxy groups -OCH3 is 3. The minimum absolute atomic E-state index is 0.519. The summed E-state index contributed by atoms with van der Waals surface area (Å²) in [5.74, 6) is 2.02. The van der Waals surface area contributed by atoms with Gasteiger partial charge in [-0.1, -0.05) is 0 Å². The van der Waals surface area contributed by atoms with E-state index < -0.39 is 0 Å². The van der Waals surface area contributed by atoms with Crippen LogP contribution in [0.4, 0.5) is 0 Å². The number of hydrogen-bond donors (Lipinski definition) is 0. The highest BCUT2D eigenvalue weighted by molar-refractivity contribution is 5.58. The van der Waals surface area contributed by atoms with E-state index in [2.05, 4.69) is 0 Å². The lowest BCUT2D eigenvalue weighted by Crippen LogP contribution is -2.03. The van der Waals surface area contributed by atoms with Crippen LogP contribution < -0.4 is 14.2 Å². The van der Waals surface area contributed by atoms with Crippen LogP contribution in [-0.2, 0) is 11.3 Å². The number of hydrogen-bond acceptors (Lipinski definition) is 4. The largest absolute Gasteiger partial charge is 0.493 e. The quantitative estimate of drug-likeness (QED) is 0.765. The molecule has 0 aromatic heterocycles. The Bertz CT molecular complexity index is 374. The number of benzene rings is 1. The van der Waals surface area contributed by atoms with Crippen LogP contribution in [0.3, 0.4) is 0 Å². The van der Waals surface area contributed by atoms with Crippen LogP contribution >= 0.6 is 0 Å². The molecule has 0 fully saturated rings. The van der Waals surface area contributed by atoms with E-state index in [1.54, 1.807) is 21.3 Å². The summed E-state index contributed by atoms with van der Waals surface area (Å²) in [7, 11) is 4.90. The van der Waals surface area contributed by atoms with Gasteiger partial charge in [0.25, 0.3) is 0 Å². The fourth-order valence-corrected chi connectivity index (χ4v) is 1.74. The molecular formula is C13H20O4. The first kappa shape index (κ1) is 13.6. The van der Waals surface area contributed by atoms with Gasteiger partial charge in [-0.15, -0.1) is 0 Å². The maximum atomic E-state index is 5.57. The van der Waals surface area contributed by atoms with Gasteiger partial charge in [0, 0.05) is 12.7 Å². The van der Waals surface area contributed by atoms with E-state index in [1.807, 2.05) is 19.9 Å². The summed E-state index contributed by atoms with van der Waals surface area (Å²) in [6.07, 6.45) is 0. The molecule has 96 valence electrons. The lowest BCUT2D eigenvalue weighted by atomic mass is 10.1. The van der Waals surface area contributed by atoms with E-state index in [-0.39, 0.29) is 0 Å². The molecule has 0 unspecified atom stereocenters. The molecule has 0 spiro atoms. The fourth-order valence-electron chi connectivity index (χ4n) is 1.74. The highest BCUT2D eigenvalue weighted by Gasteiger charge is 2.17. The van der Waals surface area contributed by atoms with Crippen molar-refractivity contribution in [3.8, 4) is 17.2 Å². The summed E-state index contributed by atoms with van der Waals surface area (Å²) < 4.78 is 21.4. The van der Waals surface area contributed by atoms with E-state index in [9.17, 15) is 0 Å². The zero-order chi connectivity index (χ0) is 12.8. The Morgan fingerprint density at radius 2 is 1.76 bits per heavy atom. The van der Waals surface area contributed by atoms with Gasteiger partial charge in [0.15, 0.2) is 11.5 Å². The Morgan fingerprint density at radius 3 is 2.24 bits per heavy atom. The summed E-state index contributed by atoms with van der Waals surface area (Å²) in [6, 6.07) is 1.92. The summed E-state index contributed by atoms with van der Waals surface area (Å²) in [6.45, 7) is 4.99. The van der Waals surface area contributed by atoms with Crippen LogP contribution in [0.1, 0.15) is 18.1 Å². The van der Waals surface area contributed by atoms with Gasteiger partial charge in [-0.25, -0.2) is 0 Å². The molecule has 0 aliphatic heterocycles. The van der Waals surface area contributed by atoms with Gasteiger partial charge in [-0.2, -0.15) is 0 Å². The first-order valence-electron chi connectivity index (χ1n) is 5.55. The standard InChI is InChI=1S/C13H20O4/c1-6-17-13-11(15-4)7-10(8-14-3)9(2)12(13)16-5/h7H,6,8H2,1-5H3. The monoisotopic (exact) mass is 240 g/mol. The first-order valence-corrected chi connectivity index (χ1v) is 5.55. The average Bonchev–Trinajstić information content (AvgIpc) is 2.33. The van der Waals surface area contributed by atoms with E-state index in [0.29, 0.717) is 30.5 Å². The Kier molecular flexibility index (Phi) is 5.10. The van der Waals surface area contributed by atoms with Gasteiger partial charge in [-0.05, 0) is 25.5 Å². The molecule has 1 aromatic rings. The van der Waals surface area contributed by atoms with Crippen molar-refractivity contribution in [2.45, 2.75) is 20.5 Å². The van der Waals surface area contributed by atoms with Crippen LogP contribution in [-0.4, -0.2) is 27.9 Å². The lowest BCUT2D eigenvalue weighted by molar-refractivity contribution is 0.183. The molecule has 0 amide bonds. The minimum atomic E-state index is 0.519. The number of rotatable bonds is 6. The van der Waals surface area contributed by atoms with Crippen molar-refractivity contribution < 1.29 is 18.9 Å². The predicted octanol–water partition coefficient (Wildman–Crippen LogP) is 2.56. The van der Waals surface area contributed by atoms with Crippen molar-refractivity contribution in [1.29, 1.82) is 0 Å². The lowest BCUT2D eigenvalue weighted by Gasteiger charge is -2.18.